The van der Waals surface area contributed by atoms with Gasteiger partial charge in [-0.15, -0.1) is 0 Å². The monoisotopic (exact) mass is 266 g/mol. The lowest BCUT2D eigenvalue weighted by Gasteiger charge is -2.50. The minimum Gasteiger partial charge on any atom is -0.349 e. The van der Waals surface area contributed by atoms with Crippen LogP contribution in [0.5, 0.6) is 0 Å². The maximum Gasteiger partial charge on any atom is 0.174 e. The molecule has 0 aromatic carbocycles. The highest BCUT2D eigenvalue weighted by atomic mass is 16.7. The van der Waals surface area contributed by atoms with Crippen molar-refractivity contribution in [1.29, 1.82) is 0 Å². The van der Waals surface area contributed by atoms with Gasteiger partial charge < -0.3 is 9.47 Å². The molecular weight excluding hydrogens is 236 g/mol. The van der Waals surface area contributed by atoms with E-state index in [0.29, 0.717) is 23.7 Å². The molecular formula is C17H30O2. The van der Waals surface area contributed by atoms with Gasteiger partial charge in [-0.3, -0.25) is 0 Å². The highest BCUT2D eigenvalue weighted by Gasteiger charge is 2.49. The second-order valence-electron chi connectivity index (χ2n) is 6.78. The van der Waals surface area contributed by atoms with Crippen molar-refractivity contribution in [3.63, 3.8) is 0 Å². The average Bonchev–Trinajstić information content (AvgIpc) is 2.39. The lowest BCUT2D eigenvalue weighted by atomic mass is 9.72. The van der Waals surface area contributed by atoms with Crippen LogP contribution in [-0.4, -0.2) is 19.0 Å². The molecule has 1 saturated heterocycles. The zero-order valence-electron chi connectivity index (χ0n) is 13.2. The molecule has 1 heterocycles. The molecule has 0 saturated carbocycles. The predicted molar refractivity (Wildman–Crippen MR) is 78.9 cm³/mol. The summed E-state index contributed by atoms with van der Waals surface area (Å²) in [4.78, 5) is 0. The van der Waals surface area contributed by atoms with Gasteiger partial charge in [-0.1, -0.05) is 39.3 Å². The molecule has 0 aromatic rings. The van der Waals surface area contributed by atoms with Gasteiger partial charge in [0.2, 0.25) is 0 Å². The minimum atomic E-state index is -0.349. The molecule has 0 aromatic heterocycles. The van der Waals surface area contributed by atoms with Crippen LogP contribution in [0, 0.1) is 23.7 Å². The Morgan fingerprint density at radius 1 is 1.32 bits per heavy atom. The van der Waals surface area contributed by atoms with Crippen LogP contribution in [0.2, 0.25) is 0 Å². The summed E-state index contributed by atoms with van der Waals surface area (Å²) in [5.74, 6) is 1.68. The molecule has 2 nitrogen and oxygen atoms in total. The summed E-state index contributed by atoms with van der Waals surface area (Å²) in [7, 11) is 0. The first-order chi connectivity index (χ1) is 8.99. The summed E-state index contributed by atoms with van der Waals surface area (Å²) < 4.78 is 12.6. The molecule has 3 atom stereocenters. The van der Waals surface area contributed by atoms with Gasteiger partial charge in [0.15, 0.2) is 5.79 Å². The summed E-state index contributed by atoms with van der Waals surface area (Å²) in [6, 6.07) is 0. The SMILES string of the molecule is CCC(C)C1(C2CCC(C)=CC2C)OCC(C)CO1. The second-order valence-corrected chi connectivity index (χ2v) is 6.78. The Bertz CT molecular complexity index is 326. The first kappa shape index (κ1) is 15.1. The van der Waals surface area contributed by atoms with E-state index in [2.05, 4.69) is 40.7 Å². The van der Waals surface area contributed by atoms with Crippen LogP contribution in [0.1, 0.15) is 53.9 Å². The van der Waals surface area contributed by atoms with Crippen LogP contribution >= 0.6 is 0 Å². The smallest absolute Gasteiger partial charge is 0.174 e. The molecule has 1 aliphatic heterocycles. The molecule has 1 fully saturated rings. The fourth-order valence-corrected chi connectivity index (χ4v) is 3.65. The van der Waals surface area contributed by atoms with E-state index in [4.69, 9.17) is 9.47 Å². The minimum absolute atomic E-state index is 0.349. The van der Waals surface area contributed by atoms with Gasteiger partial charge >= 0.3 is 0 Å². The zero-order chi connectivity index (χ0) is 14.0. The Labute approximate surface area is 118 Å². The largest absolute Gasteiger partial charge is 0.349 e. The molecule has 3 unspecified atom stereocenters. The number of hydrogen-bond acceptors (Lipinski definition) is 2. The van der Waals surface area contributed by atoms with Crippen LogP contribution in [-0.2, 0) is 9.47 Å². The summed E-state index contributed by atoms with van der Waals surface area (Å²) in [6.07, 6.45) is 5.92. The Kier molecular flexibility index (Phi) is 4.73. The van der Waals surface area contributed by atoms with Gasteiger partial charge in [-0.2, -0.15) is 0 Å². The zero-order valence-corrected chi connectivity index (χ0v) is 13.2. The summed E-state index contributed by atoms with van der Waals surface area (Å²) in [5, 5.41) is 0. The van der Waals surface area contributed by atoms with Crippen molar-refractivity contribution < 1.29 is 9.47 Å². The highest BCUT2D eigenvalue weighted by Crippen LogP contribution is 2.45. The maximum atomic E-state index is 6.32. The third kappa shape index (κ3) is 2.90. The summed E-state index contributed by atoms with van der Waals surface area (Å²) in [6.45, 7) is 13.0. The Morgan fingerprint density at radius 3 is 2.47 bits per heavy atom. The number of rotatable bonds is 3. The summed E-state index contributed by atoms with van der Waals surface area (Å²) >= 11 is 0. The van der Waals surface area contributed by atoms with Gasteiger partial charge in [0.1, 0.15) is 0 Å². The van der Waals surface area contributed by atoms with E-state index in [1.165, 1.54) is 18.4 Å². The molecule has 110 valence electrons. The fourth-order valence-electron chi connectivity index (χ4n) is 3.65. The molecule has 2 heteroatoms. The van der Waals surface area contributed by atoms with Gasteiger partial charge in [0.05, 0.1) is 13.2 Å². The molecule has 19 heavy (non-hydrogen) atoms. The maximum absolute atomic E-state index is 6.32. The van der Waals surface area contributed by atoms with Crippen LogP contribution in [0.3, 0.4) is 0 Å². The Balaban J connectivity index is 2.23. The van der Waals surface area contributed by atoms with Crippen molar-refractivity contribution in [2.24, 2.45) is 23.7 Å². The van der Waals surface area contributed by atoms with Crippen LogP contribution in [0.4, 0.5) is 0 Å². The van der Waals surface area contributed by atoms with E-state index < -0.39 is 0 Å². The van der Waals surface area contributed by atoms with Crippen molar-refractivity contribution >= 4 is 0 Å². The van der Waals surface area contributed by atoms with Crippen molar-refractivity contribution in [3.05, 3.63) is 11.6 Å². The standard InChI is InChI=1S/C17H30O2/c1-6-15(5)17(18-10-13(3)11-19-17)16-8-7-12(2)9-14(16)4/h9,13-16H,6-8,10-11H2,1-5H3. The lowest BCUT2D eigenvalue weighted by Crippen LogP contribution is -2.55. The first-order valence-electron chi connectivity index (χ1n) is 7.94. The molecule has 0 radical (unpaired) electrons. The summed E-state index contributed by atoms with van der Waals surface area (Å²) in [5.41, 5.74) is 1.52. The second kappa shape index (κ2) is 5.97. The van der Waals surface area contributed by atoms with E-state index in [0.717, 1.165) is 19.6 Å². The van der Waals surface area contributed by atoms with Crippen LogP contribution in [0.25, 0.3) is 0 Å². The lowest BCUT2D eigenvalue weighted by molar-refractivity contribution is -0.335. The topological polar surface area (TPSA) is 18.5 Å². The normalized spacial score (nSPS) is 41.7. The van der Waals surface area contributed by atoms with Crippen molar-refractivity contribution in [3.8, 4) is 0 Å². The number of ether oxygens (including phenoxy) is 2. The molecule has 0 bridgehead atoms. The van der Waals surface area contributed by atoms with Gasteiger partial charge in [0, 0.05) is 17.8 Å². The van der Waals surface area contributed by atoms with Crippen LogP contribution in [0.15, 0.2) is 11.6 Å². The van der Waals surface area contributed by atoms with E-state index in [-0.39, 0.29) is 5.79 Å². The molecule has 0 N–H and O–H groups in total. The average molecular weight is 266 g/mol. The predicted octanol–water partition coefficient (Wildman–Crippen LogP) is 4.40. The van der Waals surface area contributed by atoms with E-state index in [1.807, 2.05) is 0 Å². The highest BCUT2D eigenvalue weighted by molar-refractivity contribution is 5.09. The van der Waals surface area contributed by atoms with Crippen molar-refractivity contribution in [2.75, 3.05) is 13.2 Å². The molecule has 2 rings (SSSR count). The van der Waals surface area contributed by atoms with Crippen molar-refractivity contribution in [1.82, 2.24) is 0 Å². The quantitative estimate of drug-likeness (QED) is 0.705. The Morgan fingerprint density at radius 2 is 1.95 bits per heavy atom. The third-order valence-electron chi connectivity index (χ3n) is 5.03. The van der Waals surface area contributed by atoms with Crippen molar-refractivity contribution in [2.45, 2.75) is 59.7 Å². The van der Waals surface area contributed by atoms with E-state index in [1.54, 1.807) is 0 Å². The fraction of sp³-hybridized carbons (Fsp3) is 0.882. The molecule has 1 aliphatic carbocycles. The Hall–Kier alpha value is -0.340. The van der Waals surface area contributed by atoms with Crippen LogP contribution < -0.4 is 0 Å². The van der Waals surface area contributed by atoms with Gasteiger partial charge in [0.25, 0.3) is 0 Å². The molecule has 0 spiro atoms. The van der Waals surface area contributed by atoms with Gasteiger partial charge in [-0.05, 0) is 32.1 Å². The van der Waals surface area contributed by atoms with E-state index in [9.17, 15) is 0 Å². The number of allylic oxidation sites excluding steroid dienone is 2. The first-order valence-corrected chi connectivity index (χ1v) is 7.94. The third-order valence-corrected chi connectivity index (χ3v) is 5.03. The molecule has 2 aliphatic rings. The molecule has 0 amide bonds. The van der Waals surface area contributed by atoms with E-state index >= 15 is 0 Å². The number of hydrogen-bond donors (Lipinski definition) is 0. The van der Waals surface area contributed by atoms with Gasteiger partial charge in [-0.25, -0.2) is 0 Å².